The molecule has 0 rings (SSSR count). The van der Waals surface area contributed by atoms with E-state index in [9.17, 15) is 19.8 Å². The highest BCUT2D eigenvalue weighted by molar-refractivity contribution is 5.76. The van der Waals surface area contributed by atoms with Gasteiger partial charge in [-0.3, -0.25) is 9.59 Å². The average molecular weight is 1030 g/mol. The minimum Gasteiger partial charge on any atom is -0.466 e. The summed E-state index contributed by atoms with van der Waals surface area (Å²) in [7, 11) is 0. The SMILES string of the molecule is CCCCC/C=C\C/C=C\CCCCCCCCCC(=O)OCCCCCCCCCCCCCCCCCCCCC(=O)NC(CO)C(O)/C=C/CCCCCCCCCCCCCCCCCCCCC. The molecule has 0 bridgehead atoms. The third-order valence-corrected chi connectivity index (χ3v) is 15.2. The van der Waals surface area contributed by atoms with Crippen LogP contribution in [0.2, 0.25) is 0 Å². The summed E-state index contributed by atoms with van der Waals surface area (Å²) < 4.78 is 5.49. The van der Waals surface area contributed by atoms with Crippen LogP contribution in [0.15, 0.2) is 36.5 Å². The zero-order valence-corrected chi connectivity index (χ0v) is 49.1. The Hall–Kier alpha value is -1.92. The van der Waals surface area contributed by atoms with Crippen LogP contribution in [0.5, 0.6) is 0 Å². The number of unbranched alkanes of at least 4 members (excludes halogenated alkanes) is 46. The van der Waals surface area contributed by atoms with Gasteiger partial charge in [0.2, 0.25) is 5.91 Å². The largest absolute Gasteiger partial charge is 0.466 e. The maximum Gasteiger partial charge on any atom is 0.305 e. The monoisotopic (exact) mass is 1030 g/mol. The molecule has 73 heavy (non-hydrogen) atoms. The van der Waals surface area contributed by atoms with Gasteiger partial charge in [-0.25, -0.2) is 0 Å². The normalized spacial score (nSPS) is 12.8. The van der Waals surface area contributed by atoms with Crippen LogP contribution in [0.25, 0.3) is 0 Å². The molecular formula is C67H127NO5. The molecular weight excluding hydrogens is 899 g/mol. The van der Waals surface area contributed by atoms with Crippen LogP contribution in [-0.4, -0.2) is 47.4 Å². The lowest BCUT2D eigenvalue weighted by molar-refractivity contribution is -0.143. The van der Waals surface area contributed by atoms with Crippen LogP contribution in [-0.2, 0) is 14.3 Å². The number of carbonyl (C=O) groups is 2. The van der Waals surface area contributed by atoms with Gasteiger partial charge < -0.3 is 20.3 Å². The van der Waals surface area contributed by atoms with E-state index in [2.05, 4.69) is 43.5 Å². The molecule has 3 N–H and O–H groups in total. The number of carbonyl (C=O) groups excluding carboxylic acids is 2. The number of rotatable bonds is 61. The second kappa shape index (κ2) is 62.6. The molecule has 0 saturated carbocycles. The molecule has 0 aromatic rings. The lowest BCUT2D eigenvalue weighted by atomic mass is 10.0. The maximum absolute atomic E-state index is 12.5. The van der Waals surface area contributed by atoms with E-state index < -0.39 is 12.1 Å². The Kier molecular flexibility index (Phi) is 61.0. The first-order chi connectivity index (χ1) is 36.0. The Bertz CT molecular complexity index is 1180. The molecule has 0 fully saturated rings. The number of allylic oxidation sites excluding steroid dienone is 5. The summed E-state index contributed by atoms with van der Waals surface area (Å²) in [6, 6.07) is -0.633. The molecule has 0 aromatic carbocycles. The molecule has 0 heterocycles. The second-order valence-corrected chi connectivity index (χ2v) is 22.5. The minimum atomic E-state index is -0.849. The lowest BCUT2D eigenvalue weighted by Gasteiger charge is -2.20. The lowest BCUT2D eigenvalue weighted by Crippen LogP contribution is -2.45. The van der Waals surface area contributed by atoms with Crippen LogP contribution in [0, 0.1) is 0 Å². The van der Waals surface area contributed by atoms with Crippen LogP contribution in [0.4, 0.5) is 0 Å². The molecule has 0 spiro atoms. The van der Waals surface area contributed by atoms with Crippen LogP contribution in [0.3, 0.4) is 0 Å². The van der Waals surface area contributed by atoms with Crippen LogP contribution < -0.4 is 5.32 Å². The van der Waals surface area contributed by atoms with E-state index in [-0.39, 0.29) is 18.5 Å². The Morgan fingerprint density at radius 3 is 1.07 bits per heavy atom. The van der Waals surface area contributed by atoms with Gasteiger partial charge in [0.1, 0.15) is 0 Å². The molecule has 6 nitrogen and oxygen atoms in total. The summed E-state index contributed by atoms with van der Waals surface area (Å²) in [6.07, 6.45) is 79.0. The van der Waals surface area contributed by atoms with Gasteiger partial charge in [0.15, 0.2) is 0 Å². The van der Waals surface area contributed by atoms with Crippen molar-refractivity contribution in [3.63, 3.8) is 0 Å². The summed E-state index contributed by atoms with van der Waals surface area (Å²) in [4.78, 5) is 24.6. The van der Waals surface area contributed by atoms with E-state index >= 15 is 0 Å². The van der Waals surface area contributed by atoms with Crippen molar-refractivity contribution in [3.05, 3.63) is 36.5 Å². The van der Waals surface area contributed by atoms with Crippen molar-refractivity contribution in [1.29, 1.82) is 0 Å². The second-order valence-electron chi connectivity index (χ2n) is 22.5. The van der Waals surface area contributed by atoms with Crippen LogP contribution >= 0.6 is 0 Å². The fraction of sp³-hybridized carbons (Fsp3) is 0.881. The summed E-state index contributed by atoms with van der Waals surface area (Å²) in [6.45, 7) is 4.89. The van der Waals surface area contributed by atoms with E-state index in [1.807, 2.05) is 6.08 Å². The van der Waals surface area contributed by atoms with Crippen molar-refractivity contribution in [3.8, 4) is 0 Å². The number of aliphatic hydroxyl groups excluding tert-OH is 2. The van der Waals surface area contributed by atoms with Crippen molar-refractivity contribution < 1.29 is 24.5 Å². The summed E-state index contributed by atoms with van der Waals surface area (Å²) >= 11 is 0. The Labute approximate surface area is 455 Å². The predicted octanol–water partition coefficient (Wildman–Crippen LogP) is 20.8. The zero-order chi connectivity index (χ0) is 52.9. The fourth-order valence-corrected chi connectivity index (χ4v) is 10.1. The smallest absolute Gasteiger partial charge is 0.305 e. The quantitative estimate of drug-likeness (QED) is 0.0320. The highest BCUT2D eigenvalue weighted by Gasteiger charge is 2.18. The number of hydrogen-bond acceptors (Lipinski definition) is 5. The third-order valence-electron chi connectivity index (χ3n) is 15.2. The Morgan fingerprint density at radius 2 is 0.685 bits per heavy atom. The maximum atomic E-state index is 12.5. The Morgan fingerprint density at radius 1 is 0.384 bits per heavy atom. The number of amides is 1. The van der Waals surface area contributed by atoms with Crippen molar-refractivity contribution in [2.24, 2.45) is 0 Å². The minimum absolute atomic E-state index is 0.000783. The van der Waals surface area contributed by atoms with Crippen LogP contribution in [0.1, 0.15) is 354 Å². The number of aliphatic hydroxyl groups is 2. The first-order valence-corrected chi connectivity index (χ1v) is 32.8. The number of nitrogens with one attached hydrogen (secondary N) is 1. The van der Waals surface area contributed by atoms with E-state index in [1.165, 1.54) is 276 Å². The van der Waals surface area contributed by atoms with E-state index in [4.69, 9.17) is 4.74 Å². The predicted molar refractivity (Wildman–Crippen MR) is 319 cm³/mol. The summed E-state index contributed by atoms with van der Waals surface area (Å²) in [5, 5.41) is 23.2. The first kappa shape index (κ1) is 71.1. The van der Waals surface area contributed by atoms with Gasteiger partial charge in [-0.2, -0.15) is 0 Å². The topological polar surface area (TPSA) is 95.9 Å². The van der Waals surface area contributed by atoms with Gasteiger partial charge >= 0.3 is 5.97 Å². The number of esters is 1. The molecule has 430 valence electrons. The summed E-state index contributed by atoms with van der Waals surface area (Å²) in [5.41, 5.74) is 0. The summed E-state index contributed by atoms with van der Waals surface area (Å²) in [5.74, 6) is -0.0700. The van der Waals surface area contributed by atoms with Gasteiger partial charge in [-0.05, 0) is 64.2 Å². The molecule has 6 heteroatoms. The molecule has 2 atom stereocenters. The molecule has 2 unspecified atom stereocenters. The standard InChI is InChI=1S/C67H127NO5/c1-3-5-7-9-11-13-15-17-19-21-22-23-24-28-31-35-39-43-47-51-55-59-65(70)64(63-69)68-66(71)60-56-52-48-44-40-36-32-29-25-26-30-34-38-42-46-50-54-58-62-73-67(72)61-57-53-49-45-41-37-33-27-20-18-16-14-12-10-8-6-4-2/h12,14,18,20,55,59,64-65,69-70H,3-11,13,15-17,19,21-54,56-58,60-63H2,1-2H3,(H,68,71)/b14-12-,20-18-,59-55+. The van der Waals surface area contributed by atoms with Gasteiger partial charge in [0, 0.05) is 12.8 Å². The van der Waals surface area contributed by atoms with Crippen molar-refractivity contribution in [2.75, 3.05) is 13.2 Å². The molecule has 0 aliphatic rings. The van der Waals surface area contributed by atoms with E-state index in [1.54, 1.807) is 6.08 Å². The average Bonchev–Trinajstić information content (AvgIpc) is 3.39. The number of ether oxygens (including phenoxy) is 1. The highest BCUT2D eigenvalue weighted by Crippen LogP contribution is 2.18. The van der Waals surface area contributed by atoms with Crippen molar-refractivity contribution in [2.45, 2.75) is 366 Å². The number of hydrogen-bond donors (Lipinski definition) is 3. The van der Waals surface area contributed by atoms with E-state index in [0.29, 0.717) is 19.4 Å². The highest BCUT2D eigenvalue weighted by atomic mass is 16.5. The Balaban J connectivity index is 3.44. The molecule has 0 aliphatic heterocycles. The van der Waals surface area contributed by atoms with Gasteiger partial charge in [0.25, 0.3) is 0 Å². The first-order valence-electron chi connectivity index (χ1n) is 32.8. The molecule has 0 aliphatic carbocycles. The molecule has 0 aromatic heterocycles. The van der Waals surface area contributed by atoms with Gasteiger partial charge in [0.05, 0.1) is 25.4 Å². The van der Waals surface area contributed by atoms with Crippen molar-refractivity contribution in [1.82, 2.24) is 5.32 Å². The molecule has 1 amide bonds. The third kappa shape index (κ3) is 59.2. The molecule has 0 radical (unpaired) electrons. The van der Waals surface area contributed by atoms with E-state index in [0.717, 1.165) is 51.4 Å². The molecule has 0 saturated heterocycles. The zero-order valence-electron chi connectivity index (χ0n) is 49.1. The van der Waals surface area contributed by atoms with Crippen molar-refractivity contribution >= 4 is 11.9 Å². The van der Waals surface area contributed by atoms with Gasteiger partial charge in [-0.15, -0.1) is 0 Å². The fourth-order valence-electron chi connectivity index (χ4n) is 10.1. The van der Waals surface area contributed by atoms with Gasteiger partial charge in [-0.1, -0.05) is 314 Å².